The van der Waals surface area contributed by atoms with Crippen LogP contribution in [0.3, 0.4) is 0 Å². The van der Waals surface area contributed by atoms with E-state index >= 15 is 0 Å². The maximum absolute atomic E-state index is 10.2. The van der Waals surface area contributed by atoms with Gasteiger partial charge in [-0.15, -0.1) is 0 Å². The Labute approximate surface area is 115 Å². The highest BCUT2D eigenvalue weighted by molar-refractivity contribution is 6.34. The Morgan fingerprint density at radius 2 is 2.17 bits per heavy atom. The molecule has 0 saturated carbocycles. The van der Waals surface area contributed by atoms with E-state index in [0.29, 0.717) is 21.3 Å². The fraction of sp³-hybridized carbons (Fsp3) is 0.333. The van der Waals surface area contributed by atoms with Crippen LogP contribution in [0.4, 0.5) is 0 Å². The second kappa shape index (κ2) is 5.69. The molecule has 2 aromatic heterocycles. The maximum Gasteiger partial charge on any atom is 0.125 e. The Morgan fingerprint density at radius 1 is 1.39 bits per heavy atom. The first-order valence-electron chi connectivity index (χ1n) is 5.63. The highest BCUT2D eigenvalue weighted by Crippen LogP contribution is 2.27. The summed E-state index contributed by atoms with van der Waals surface area (Å²) < 4.78 is 1.78. The first kappa shape index (κ1) is 13.3. The Morgan fingerprint density at radius 3 is 2.83 bits per heavy atom. The summed E-state index contributed by atoms with van der Waals surface area (Å²) in [5.74, 6) is 0. The molecule has 18 heavy (non-hydrogen) atoms. The third kappa shape index (κ3) is 2.83. The van der Waals surface area contributed by atoms with Crippen LogP contribution in [0.15, 0.2) is 24.7 Å². The molecule has 0 bridgehead atoms. The normalized spacial score (nSPS) is 12.7. The van der Waals surface area contributed by atoms with Crippen molar-refractivity contribution in [3.63, 3.8) is 0 Å². The van der Waals surface area contributed by atoms with E-state index in [2.05, 4.69) is 17.0 Å². The largest absolute Gasteiger partial charge is 0.382 e. The smallest absolute Gasteiger partial charge is 0.125 e. The third-order valence-electron chi connectivity index (χ3n) is 2.52. The lowest BCUT2D eigenvalue weighted by molar-refractivity contribution is 0.215. The fourth-order valence-electron chi connectivity index (χ4n) is 1.66. The molecular formula is C12H13Cl2N3O. The molecule has 6 heteroatoms. The van der Waals surface area contributed by atoms with Crippen LogP contribution in [-0.2, 0) is 6.54 Å². The molecule has 0 saturated heterocycles. The van der Waals surface area contributed by atoms with Crippen LogP contribution in [0.1, 0.15) is 30.7 Å². The van der Waals surface area contributed by atoms with Gasteiger partial charge < -0.3 is 5.11 Å². The monoisotopic (exact) mass is 285 g/mol. The standard InChI is InChI=1S/C12H13Cl2N3O/c1-2-3-17-7-8(5-16-17)12(18)11-10(14)4-9(13)6-15-11/h4-7,12,18H,2-3H2,1H3. The second-order valence-corrected chi connectivity index (χ2v) is 4.80. The Kier molecular flexibility index (Phi) is 4.22. The van der Waals surface area contributed by atoms with Gasteiger partial charge in [-0.1, -0.05) is 30.1 Å². The van der Waals surface area contributed by atoms with Crippen molar-refractivity contribution in [3.05, 3.63) is 46.0 Å². The SMILES string of the molecule is CCCn1cc(C(O)c2ncc(Cl)cc2Cl)cn1. The molecule has 0 radical (unpaired) electrons. The minimum absolute atomic E-state index is 0.346. The van der Waals surface area contributed by atoms with E-state index in [-0.39, 0.29) is 0 Å². The predicted octanol–water partition coefficient (Wildman–Crippen LogP) is 3.08. The average molecular weight is 286 g/mol. The molecule has 2 aromatic rings. The number of halogens is 2. The van der Waals surface area contributed by atoms with Crippen LogP contribution < -0.4 is 0 Å². The van der Waals surface area contributed by atoms with Gasteiger partial charge in [0.15, 0.2) is 0 Å². The third-order valence-corrected chi connectivity index (χ3v) is 3.03. The molecule has 0 aliphatic heterocycles. The van der Waals surface area contributed by atoms with E-state index < -0.39 is 6.10 Å². The summed E-state index contributed by atoms with van der Waals surface area (Å²) in [5, 5.41) is 15.1. The lowest BCUT2D eigenvalue weighted by Gasteiger charge is -2.09. The van der Waals surface area contributed by atoms with Gasteiger partial charge in [0.2, 0.25) is 0 Å². The predicted molar refractivity (Wildman–Crippen MR) is 70.8 cm³/mol. The van der Waals surface area contributed by atoms with Crippen LogP contribution in [0.5, 0.6) is 0 Å². The summed E-state index contributed by atoms with van der Waals surface area (Å²) in [5.41, 5.74) is 1.05. The summed E-state index contributed by atoms with van der Waals surface area (Å²) in [4.78, 5) is 4.06. The number of nitrogens with zero attached hydrogens (tertiary/aromatic N) is 3. The second-order valence-electron chi connectivity index (χ2n) is 3.96. The van der Waals surface area contributed by atoms with Crippen LogP contribution in [0, 0.1) is 0 Å². The van der Waals surface area contributed by atoms with Crippen molar-refractivity contribution in [3.8, 4) is 0 Å². The molecule has 0 aliphatic carbocycles. The fourth-order valence-corrected chi connectivity index (χ4v) is 2.14. The van der Waals surface area contributed by atoms with Gasteiger partial charge in [0.25, 0.3) is 0 Å². The van der Waals surface area contributed by atoms with Crippen molar-refractivity contribution in [2.24, 2.45) is 0 Å². The number of pyridine rings is 1. The van der Waals surface area contributed by atoms with E-state index in [1.165, 1.54) is 6.20 Å². The van der Waals surface area contributed by atoms with Crippen LogP contribution >= 0.6 is 23.2 Å². The summed E-state index contributed by atoms with van der Waals surface area (Å²) in [6, 6.07) is 1.56. The van der Waals surface area contributed by atoms with E-state index in [0.717, 1.165) is 13.0 Å². The molecule has 2 rings (SSSR count). The summed E-state index contributed by atoms with van der Waals surface area (Å²) in [6.45, 7) is 2.88. The van der Waals surface area contributed by atoms with E-state index in [9.17, 15) is 5.11 Å². The van der Waals surface area contributed by atoms with E-state index in [4.69, 9.17) is 23.2 Å². The first-order chi connectivity index (χ1) is 8.61. The summed E-state index contributed by atoms with van der Waals surface area (Å²) in [7, 11) is 0. The molecule has 0 aromatic carbocycles. The molecule has 0 amide bonds. The minimum Gasteiger partial charge on any atom is -0.382 e. The molecule has 96 valence electrons. The van der Waals surface area contributed by atoms with Gasteiger partial charge in [-0.2, -0.15) is 5.10 Å². The van der Waals surface area contributed by atoms with Crippen molar-refractivity contribution >= 4 is 23.2 Å². The Balaban J connectivity index is 2.26. The van der Waals surface area contributed by atoms with Crippen molar-refractivity contribution in [2.45, 2.75) is 26.0 Å². The maximum atomic E-state index is 10.2. The minimum atomic E-state index is -0.889. The molecule has 1 atom stereocenters. The van der Waals surface area contributed by atoms with Crippen molar-refractivity contribution in [1.82, 2.24) is 14.8 Å². The zero-order chi connectivity index (χ0) is 13.1. The molecule has 2 heterocycles. The molecule has 1 unspecified atom stereocenters. The highest BCUT2D eigenvalue weighted by Gasteiger charge is 2.17. The van der Waals surface area contributed by atoms with Crippen LogP contribution in [-0.4, -0.2) is 19.9 Å². The van der Waals surface area contributed by atoms with E-state index in [1.54, 1.807) is 23.1 Å². The molecule has 1 N–H and O–H groups in total. The summed E-state index contributed by atoms with van der Waals surface area (Å²) in [6.07, 6.45) is 4.97. The van der Waals surface area contributed by atoms with Gasteiger partial charge in [-0.25, -0.2) is 0 Å². The molecule has 0 spiro atoms. The van der Waals surface area contributed by atoms with Gasteiger partial charge >= 0.3 is 0 Å². The zero-order valence-electron chi connectivity index (χ0n) is 9.85. The van der Waals surface area contributed by atoms with Gasteiger partial charge in [0.05, 0.1) is 21.9 Å². The number of aromatic nitrogens is 3. The van der Waals surface area contributed by atoms with Crippen LogP contribution in [0.2, 0.25) is 10.0 Å². The van der Waals surface area contributed by atoms with E-state index in [1.807, 2.05) is 0 Å². The van der Waals surface area contributed by atoms with Gasteiger partial charge in [-0.3, -0.25) is 9.67 Å². The number of aryl methyl sites for hydroxylation is 1. The zero-order valence-corrected chi connectivity index (χ0v) is 11.4. The van der Waals surface area contributed by atoms with Crippen molar-refractivity contribution in [1.29, 1.82) is 0 Å². The van der Waals surface area contributed by atoms with Gasteiger partial charge in [-0.05, 0) is 12.5 Å². The molecule has 0 fully saturated rings. The first-order valence-corrected chi connectivity index (χ1v) is 6.38. The molecular weight excluding hydrogens is 273 g/mol. The van der Waals surface area contributed by atoms with Crippen molar-refractivity contribution < 1.29 is 5.11 Å². The highest BCUT2D eigenvalue weighted by atomic mass is 35.5. The quantitative estimate of drug-likeness (QED) is 0.939. The molecule has 4 nitrogen and oxygen atoms in total. The number of hydrogen-bond acceptors (Lipinski definition) is 3. The number of hydrogen-bond donors (Lipinski definition) is 1. The average Bonchev–Trinajstić information content (AvgIpc) is 2.77. The van der Waals surface area contributed by atoms with Crippen molar-refractivity contribution in [2.75, 3.05) is 0 Å². The Hall–Kier alpha value is -1.10. The lowest BCUT2D eigenvalue weighted by atomic mass is 10.1. The van der Waals surface area contributed by atoms with Gasteiger partial charge in [0.1, 0.15) is 6.10 Å². The summed E-state index contributed by atoms with van der Waals surface area (Å²) >= 11 is 11.8. The van der Waals surface area contributed by atoms with Gasteiger partial charge in [0, 0.05) is 24.5 Å². The number of aliphatic hydroxyl groups excluding tert-OH is 1. The molecule has 0 aliphatic rings. The number of aliphatic hydroxyl groups is 1. The Bertz CT molecular complexity index is 542. The topological polar surface area (TPSA) is 50.9 Å². The lowest BCUT2D eigenvalue weighted by Crippen LogP contribution is -2.02. The van der Waals surface area contributed by atoms with Crippen LogP contribution in [0.25, 0.3) is 0 Å². The number of rotatable bonds is 4.